The smallest absolute Gasteiger partial charge is 0.333 e. The summed E-state index contributed by atoms with van der Waals surface area (Å²) in [5, 5.41) is 23.7. The van der Waals surface area contributed by atoms with E-state index >= 15 is 0 Å². The van der Waals surface area contributed by atoms with E-state index in [1.165, 1.54) is 0 Å². The lowest BCUT2D eigenvalue weighted by molar-refractivity contribution is -0.263. The molecular weight excluding hydrogens is 512 g/mol. The Balaban J connectivity index is 1.51. The van der Waals surface area contributed by atoms with Gasteiger partial charge in [-0.1, -0.05) is 33.3 Å². The Morgan fingerprint density at radius 2 is 1.85 bits per heavy atom. The Kier molecular flexibility index (Phi) is 6.10. The molecule has 3 aliphatic carbocycles. The summed E-state index contributed by atoms with van der Waals surface area (Å²) < 4.78 is 24.0. The molecule has 6 rings (SSSR count). The topological polar surface area (TPSA) is 115 Å². The molecule has 8 heteroatoms. The first kappa shape index (κ1) is 27.7. The van der Waals surface area contributed by atoms with Crippen molar-refractivity contribution in [2.45, 2.75) is 98.2 Å². The average molecular weight is 555 g/mol. The first-order chi connectivity index (χ1) is 18.7. The summed E-state index contributed by atoms with van der Waals surface area (Å²) >= 11 is 0. The molecule has 40 heavy (non-hydrogen) atoms. The van der Waals surface area contributed by atoms with Crippen LogP contribution in [0.5, 0.6) is 0 Å². The highest BCUT2D eigenvalue weighted by atomic mass is 16.6. The highest BCUT2D eigenvalue weighted by Gasteiger charge is 2.77. The molecule has 1 aromatic heterocycles. The highest BCUT2D eigenvalue weighted by Crippen LogP contribution is 2.74. The van der Waals surface area contributed by atoms with Gasteiger partial charge in [-0.15, -0.1) is 0 Å². The predicted molar refractivity (Wildman–Crippen MR) is 145 cm³/mol. The lowest BCUT2D eigenvalue weighted by Gasteiger charge is -2.69. The van der Waals surface area contributed by atoms with Crippen molar-refractivity contribution in [1.29, 1.82) is 0 Å². The fourth-order valence-corrected chi connectivity index (χ4v) is 9.64. The molecule has 0 bridgehead atoms. The quantitative estimate of drug-likeness (QED) is 0.410. The van der Waals surface area contributed by atoms with Gasteiger partial charge in [-0.05, 0) is 51.2 Å². The number of aliphatic hydroxyl groups is 2. The number of esters is 2. The van der Waals surface area contributed by atoms with Crippen LogP contribution in [0.15, 0.2) is 45.8 Å². The van der Waals surface area contributed by atoms with Crippen molar-refractivity contribution in [2.75, 3.05) is 6.61 Å². The number of allylic oxidation sites excluding steroid dienone is 1. The maximum absolute atomic E-state index is 13.3. The predicted octanol–water partition coefficient (Wildman–Crippen LogP) is 4.66. The SMILES string of the molecule is CC(C)=C(C)C(=O)O[C@H]1C[C@@H](O)[C@@]2(C)CO[C@H]3[C@@H](O)[C@@]4(C)C5=CC(=O)O[C@@H](c6ccoc6)[C@]5(C)CC[C@@H]4[C@]1(C)[C@@H]32. The number of hydrogen-bond donors (Lipinski definition) is 2. The Morgan fingerprint density at radius 1 is 1.12 bits per heavy atom. The third kappa shape index (κ3) is 3.36. The molecule has 11 atom stereocenters. The van der Waals surface area contributed by atoms with Crippen molar-refractivity contribution in [3.05, 3.63) is 47.0 Å². The maximum Gasteiger partial charge on any atom is 0.333 e. The van der Waals surface area contributed by atoms with E-state index in [9.17, 15) is 19.8 Å². The molecule has 1 aromatic rings. The Labute approximate surface area is 235 Å². The van der Waals surface area contributed by atoms with E-state index < -0.39 is 58.1 Å². The lowest BCUT2D eigenvalue weighted by atomic mass is 9.36. The second kappa shape index (κ2) is 8.79. The minimum Gasteiger partial charge on any atom is -0.472 e. The number of carbonyl (C=O) groups excluding carboxylic acids is 2. The lowest BCUT2D eigenvalue weighted by Crippen LogP contribution is -2.73. The standard InChI is InChI=1S/C32H42O8/c1-16(2)17(3)28(36)39-22-13-21(33)30(5)15-38-24-25(30)32(22,7)19-8-10-29(4)20(31(19,6)26(24)35)12-23(34)40-27(29)18-9-11-37-14-18/h9,11-12,14,19,21-22,24-27,33,35H,8,10,13,15H2,1-7H3/t19-,21+,22-,24+,25-,26+,27-,29+,30+,31+,32-/m0/s1. The van der Waals surface area contributed by atoms with Crippen LogP contribution in [0.4, 0.5) is 0 Å². The molecule has 0 spiro atoms. The van der Waals surface area contributed by atoms with Crippen LogP contribution in [0.3, 0.4) is 0 Å². The van der Waals surface area contributed by atoms with Crippen LogP contribution in [-0.4, -0.2) is 53.2 Å². The highest BCUT2D eigenvalue weighted by molar-refractivity contribution is 5.88. The zero-order valence-electron chi connectivity index (χ0n) is 24.5. The molecule has 3 heterocycles. The molecule has 0 radical (unpaired) electrons. The molecule has 0 amide bonds. The van der Waals surface area contributed by atoms with Crippen LogP contribution in [-0.2, 0) is 23.8 Å². The van der Waals surface area contributed by atoms with Gasteiger partial charge in [-0.3, -0.25) is 0 Å². The molecule has 3 saturated carbocycles. The number of furan rings is 1. The number of ether oxygens (including phenoxy) is 3. The molecule has 0 aromatic carbocycles. The van der Waals surface area contributed by atoms with E-state index in [-0.39, 0.29) is 17.8 Å². The van der Waals surface area contributed by atoms with Crippen LogP contribution in [0, 0.1) is 33.5 Å². The average Bonchev–Trinajstić information content (AvgIpc) is 3.55. The van der Waals surface area contributed by atoms with E-state index in [1.54, 1.807) is 25.5 Å². The van der Waals surface area contributed by atoms with Gasteiger partial charge in [0.05, 0.1) is 37.4 Å². The summed E-state index contributed by atoms with van der Waals surface area (Å²) in [5.41, 5.74) is 0.397. The van der Waals surface area contributed by atoms with E-state index in [1.807, 2.05) is 33.8 Å². The summed E-state index contributed by atoms with van der Waals surface area (Å²) in [6.07, 6.45) is 3.07. The molecule has 2 aliphatic heterocycles. The van der Waals surface area contributed by atoms with Gasteiger partial charge in [0.1, 0.15) is 12.2 Å². The zero-order valence-corrected chi connectivity index (χ0v) is 24.5. The summed E-state index contributed by atoms with van der Waals surface area (Å²) in [4.78, 5) is 26.4. The van der Waals surface area contributed by atoms with Gasteiger partial charge in [-0.2, -0.15) is 0 Å². The van der Waals surface area contributed by atoms with Crippen molar-refractivity contribution < 1.29 is 38.4 Å². The Bertz CT molecular complexity index is 1290. The Morgan fingerprint density at radius 3 is 2.50 bits per heavy atom. The van der Waals surface area contributed by atoms with Gasteiger partial charge in [-0.25, -0.2) is 9.59 Å². The van der Waals surface area contributed by atoms with Crippen molar-refractivity contribution in [3.8, 4) is 0 Å². The van der Waals surface area contributed by atoms with E-state index in [0.29, 0.717) is 25.0 Å². The van der Waals surface area contributed by atoms with Crippen molar-refractivity contribution in [2.24, 2.45) is 33.5 Å². The van der Waals surface area contributed by atoms with Gasteiger partial charge < -0.3 is 28.8 Å². The summed E-state index contributed by atoms with van der Waals surface area (Å²) in [6, 6.07) is 1.82. The number of aliphatic hydroxyl groups excluding tert-OH is 2. The number of carbonyl (C=O) groups is 2. The normalized spacial score (nSPS) is 47.3. The fourth-order valence-electron chi connectivity index (χ4n) is 9.64. The number of cyclic esters (lactones) is 1. The number of fused-ring (bicyclic) bond motifs is 4. The van der Waals surface area contributed by atoms with Crippen LogP contribution in [0.25, 0.3) is 0 Å². The largest absolute Gasteiger partial charge is 0.472 e. The molecule has 8 nitrogen and oxygen atoms in total. The summed E-state index contributed by atoms with van der Waals surface area (Å²) in [7, 11) is 0. The van der Waals surface area contributed by atoms with Gasteiger partial charge >= 0.3 is 11.9 Å². The van der Waals surface area contributed by atoms with Crippen LogP contribution < -0.4 is 0 Å². The van der Waals surface area contributed by atoms with E-state index in [4.69, 9.17) is 18.6 Å². The summed E-state index contributed by atoms with van der Waals surface area (Å²) in [6.45, 7) is 14.2. The van der Waals surface area contributed by atoms with E-state index in [2.05, 4.69) is 13.8 Å². The molecule has 218 valence electrons. The van der Waals surface area contributed by atoms with Gasteiger partial charge in [0.15, 0.2) is 0 Å². The fraction of sp³-hybridized carbons (Fsp3) is 0.688. The van der Waals surface area contributed by atoms with Crippen molar-refractivity contribution in [1.82, 2.24) is 0 Å². The molecule has 5 aliphatic rings. The second-order valence-corrected chi connectivity index (χ2v) is 14.1. The first-order valence-electron chi connectivity index (χ1n) is 14.5. The van der Waals surface area contributed by atoms with Crippen molar-refractivity contribution >= 4 is 11.9 Å². The molecular formula is C32H42O8. The first-order valence-corrected chi connectivity index (χ1v) is 14.5. The number of rotatable bonds is 3. The molecule has 2 N–H and O–H groups in total. The molecule has 4 fully saturated rings. The zero-order chi connectivity index (χ0) is 29.0. The minimum atomic E-state index is -0.930. The van der Waals surface area contributed by atoms with Crippen LogP contribution in [0.2, 0.25) is 0 Å². The second-order valence-electron chi connectivity index (χ2n) is 14.1. The maximum atomic E-state index is 13.3. The van der Waals surface area contributed by atoms with E-state index in [0.717, 1.165) is 23.1 Å². The van der Waals surface area contributed by atoms with Crippen LogP contribution in [0.1, 0.15) is 79.4 Å². The number of hydrogen-bond acceptors (Lipinski definition) is 8. The third-order valence-corrected chi connectivity index (χ3v) is 12.0. The van der Waals surface area contributed by atoms with Gasteiger partial charge in [0.2, 0.25) is 0 Å². The van der Waals surface area contributed by atoms with Crippen molar-refractivity contribution in [3.63, 3.8) is 0 Å². The molecule has 1 saturated heterocycles. The van der Waals surface area contributed by atoms with Crippen LogP contribution >= 0.6 is 0 Å². The molecule has 0 unspecified atom stereocenters. The summed E-state index contributed by atoms with van der Waals surface area (Å²) in [5.74, 6) is -1.22. The van der Waals surface area contributed by atoms with Gasteiger partial charge in [0, 0.05) is 51.2 Å². The monoisotopic (exact) mass is 554 g/mol. The minimum absolute atomic E-state index is 0.148. The third-order valence-electron chi connectivity index (χ3n) is 12.0. The Hall–Kier alpha value is -2.42. The van der Waals surface area contributed by atoms with Gasteiger partial charge in [0.25, 0.3) is 0 Å².